The average Bonchev–Trinajstić information content (AvgIpc) is 3.96. The van der Waals surface area contributed by atoms with Crippen LogP contribution in [0.25, 0.3) is 77.6 Å². The Morgan fingerprint density at radius 3 is 1.55 bits per heavy atom. The van der Waals surface area contributed by atoms with Crippen LogP contribution in [0.1, 0.15) is 16.8 Å². The molecule has 0 fully saturated rings. The van der Waals surface area contributed by atoms with Gasteiger partial charge < -0.3 is 24.9 Å². The highest BCUT2D eigenvalue weighted by atomic mass is 15.5. The highest BCUT2D eigenvalue weighted by molar-refractivity contribution is 6.24. The Hall–Kier alpha value is -6.53. The maximum absolute atomic E-state index is 5.34. The molecule has 5 aromatic heterocycles. The normalized spacial score (nSPS) is 14.3. The second-order valence-electron chi connectivity index (χ2n) is 12.1. The van der Waals surface area contributed by atoms with Crippen LogP contribution in [0.4, 0.5) is 0 Å². The van der Waals surface area contributed by atoms with Gasteiger partial charge in [-0.2, -0.15) is 0 Å². The van der Waals surface area contributed by atoms with Gasteiger partial charge in [-0.3, -0.25) is 0 Å². The molecule has 0 radical (unpaired) electrons. The van der Waals surface area contributed by atoms with Crippen LogP contribution in [-0.2, 0) is 0 Å². The van der Waals surface area contributed by atoms with E-state index in [1.807, 2.05) is 0 Å². The fourth-order valence-corrected chi connectivity index (χ4v) is 7.15. The molecular formula is C41H28N6. The second-order valence-corrected chi connectivity index (χ2v) is 12.1. The first-order chi connectivity index (χ1) is 23.3. The minimum atomic E-state index is 0.906. The zero-order valence-corrected chi connectivity index (χ0v) is 25.2. The van der Waals surface area contributed by atoms with Crippen molar-refractivity contribution in [3.8, 4) is 22.4 Å². The van der Waals surface area contributed by atoms with Gasteiger partial charge in [0.05, 0.1) is 11.4 Å². The van der Waals surface area contributed by atoms with Gasteiger partial charge in [-0.15, -0.1) is 0 Å². The molecule has 222 valence electrons. The third kappa shape index (κ3) is 4.02. The van der Waals surface area contributed by atoms with Crippen LogP contribution in [0.3, 0.4) is 0 Å². The summed E-state index contributed by atoms with van der Waals surface area (Å²) in [5, 5.41) is 4.68. The summed E-state index contributed by atoms with van der Waals surface area (Å²) in [6, 6.07) is 36.0. The zero-order chi connectivity index (χ0) is 30.9. The molecule has 6 heterocycles. The van der Waals surface area contributed by atoms with Crippen molar-refractivity contribution in [1.29, 1.82) is 0 Å². The summed E-state index contributed by atoms with van der Waals surface area (Å²) in [6.07, 6.45) is 12.8. The Morgan fingerprint density at radius 2 is 0.936 bits per heavy atom. The van der Waals surface area contributed by atoms with E-state index < -0.39 is 0 Å². The average molecular weight is 607 g/mol. The van der Waals surface area contributed by atoms with Crippen molar-refractivity contribution in [2.45, 2.75) is 0 Å². The number of para-hydroxylation sites is 4. The SMILES string of the molecule is C1=C(c2c[nH]c3ccccc23)/C(=C/c2[15nH]c(-c3c[nH]c4ccccc34)cc2-c2c[nH]c3ccccc23)[15N]=C1c1c[nH]c2ccccc12. The summed E-state index contributed by atoms with van der Waals surface area (Å²) in [7, 11) is 0. The number of aliphatic imine (C=N–C) groups is 1. The number of hydrogen-bond acceptors (Lipinski definition) is 1. The highest BCUT2D eigenvalue weighted by Gasteiger charge is 2.24. The van der Waals surface area contributed by atoms with Gasteiger partial charge in [-0.25, -0.2) is 4.99 Å². The smallest absolute Gasteiger partial charge is 0.0738 e. The number of nitrogens with one attached hydrogen (secondary N) is 5. The largest absolute Gasteiger partial charge is 0.361 e. The molecule has 6 nitrogen and oxygen atoms in total. The summed E-state index contributed by atoms with van der Waals surface area (Å²) in [6.45, 7) is 0. The highest BCUT2D eigenvalue weighted by Crippen LogP contribution is 2.41. The molecule has 0 atom stereocenters. The van der Waals surface area contributed by atoms with Crippen LogP contribution in [0, 0.1) is 0 Å². The van der Waals surface area contributed by atoms with E-state index in [0.717, 1.165) is 83.6 Å². The number of aromatic nitrogens is 5. The number of rotatable bonds is 5. The first-order valence-corrected chi connectivity index (χ1v) is 15.8. The summed E-state index contributed by atoms with van der Waals surface area (Å²) in [4.78, 5) is 23.0. The van der Waals surface area contributed by atoms with E-state index in [9.17, 15) is 0 Å². The molecule has 1 aliphatic rings. The lowest BCUT2D eigenvalue weighted by Crippen LogP contribution is -1.91. The van der Waals surface area contributed by atoms with Gasteiger partial charge in [0.25, 0.3) is 0 Å². The first-order valence-electron chi connectivity index (χ1n) is 15.8. The van der Waals surface area contributed by atoms with Crippen molar-refractivity contribution < 1.29 is 0 Å². The number of H-pyrrole nitrogens is 5. The van der Waals surface area contributed by atoms with E-state index in [2.05, 4.69) is 165 Å². The van der Waals surface area contributed by atoms with Gasteiger partial charge in [0.2, 0.25) is 0 Å². The third-order valence-electron chi connectivity index (χ3n) is 9.43. The van der Waals surface area contributed by atoms with E-state index in [1.54, 1.807) is 0 Å². The lowest BCUT2D eigenvalue weighted by molar-refractivity contribution is 1.35. The molecule has 0 aliphatic carbocycles. The van der Waals surface area contributed by atoms with E-state index in [-0.39, 0.29) is 0 Å². The van der Waals surface area contributed by atoms with Crippen LogP contribution < -0.4 is 0 Å². The van der Waals surface area contributed by atoms with Crippen LogP contribution in [0.15, 0.2) is 145 Å². The lowest BCUT2D eigenvalue weighted by Gasteiger charge is -2.05. The molecule has 47 heavy (non-hydrogen) atoms. The third-order valence-corrected chi connectivity index (χ3v) is 9.43. The molecule has 5 N–H and O–H groups in total. The van der Waals surface area contributed by atoms with Gasteiger partial charge in [0.1, 0.15) is 0 Å². The van der Waals surface area contributed by atoms with Gasteiger partial charge >= 0.3 is 0 Å². The molecule has 0 saturated heterocycles. The molecule has 0 bridgehead atoms. The zero-order valence-electron chi connectivity index (χ0n) is 25.2. The quantitative estimate of drug-likeness (QED) is 0.121. The van der Waals surface area contributed by atoms with Crippen molar-refractivity contribution >= 4 is 61.0 Å². The van der Waals surface area contributed by atoms with Gasteiger partial charge in [-0.05, 0) is 42.5 Å². The fraction of sp³-hybridized carbons (Fsp3) is 0. The Bertz CT molecular complexity index is 2750. The van der Waals surface area contributed by atoms with E-state index >= 15 is 0 Å². The Labute approximate surface area is 269 Å². The Morgan fingerprint density at radius 1 is 0.468 bits per heavy atom. The second kappa shape index (κ2) is 9.99. The van der Waals surface area contributed by atoms with Crippen LogP contribution in [-0.4, -0.2) is 30.6 Å². The molecule has 0 unspecified atom stereocenters. The molecule has 10 rings (SSSR count). The molecule has 0 saturated carbocycles. The predicted octanol–water partition coefficient (Wildman–Crippen LogP) is 10.2. The van der Waals surface area contributed by atoms with Crippen molar-refractivity contribution in [2.75, 3.05) is 0 Å². The number of allylic oxidation sites excluding steroid dienone is 2. The van der Waals surface area contributed by atoms with Crippen molar-refractivity contribution in [2.24, 2.45) is 4.99 Å². The van der Waals surface area contributed by atoms with E-state index in [1.165, 1.54) is 16.2 Å². The summed E-state index contributed by atoms with van der Waals surface area (Å²) < 4.78 is 0. The first kappa shape index (κ1) is 25.8. The van der Waals surface area contributed by atoms with Crippen LogP contribution in [0.2, 0.25) is 0 Å². The van der Waals surface area contributed by atoms with Crippen molar-refractivity contribution in [1.82, 2.24) is 24.9 Å². The Balaban J connectivity index is 1.21. The van der Waals surface area contributed by atoms with Crippen molar-refractivity contribution in [3.63, 3.8) is 0 Å². The Kier molecular flexibility index (Phi) is 5.48. The molecule has 1 aliphatic heterocycles. The molecule has 0 amide bonds. The summed E-state index contributed by atoms with van der Waals surface area (Å²) in [5.74, 6) is 0. The van der Waals surface area contributed by atoms with Crippen LogP contribution in [0.5, 0.6) is 0 Å². The topological polar surface area (TPSA) is 91.3 Å². The molecule has 6 heteroatoms. The predicted molar refractivity (Wildman–Crippen MR) is 194 cm³/mol. The number of benzene rings is 4. The number of aromatic amines is 5. The van der Waals surface area contributed by atoms with E-state index in [0.29, 0.717) is 0 Å². The van der Waals surface area contributed by atoms with Gasteiger partial charge in [0.15, 0.2) is 0 Å². The minimum Gasteiger partial charge on any atom is -0.361 e. The number of fused-ring (bicyclic) bond motifs is 4. The standard InChI is InChI=1S/C41H28N6/c1-5-13-34-24(9-1)30(20-42-34)28-17-38(32-22-44-36-15-7-3-11-26(32)36)46-40(28)19-41-29(31-21-43-35-14-6-2-10-25(31)35)18-39(47-41)33-23-45-37-16-8-4-12-27(33)37/h1-23,42-46H/b41-19-/i46+1,47+1. The van der Waals surface area contributed by atoms with Crippen molar-refractivity contribution in [3.05, 3.63) is 157 Å². The fourth-order valence-electron chi connectivity index (χ4n) is 7.15. The lowest BCUT2D eigenvalue weighted by atomic mass is 9.99. The molecule has 4 aromatic carbocycles. The maximum Gasteiger partial charge on any atom is 0.0738 e. The van der Waals surface area contributed by atoms with E-state index in [4.69, 9.17) is 4.99 Å². The number of hydrogen-bond donors (Lipinski definition) is 5. The number of nitrogens with zero attached hydrogens (tertiary/aromatic N) is 1. The monoisotopic (exact) mass is 606 g/mol. The van der Waals surface area contributed by atoms with Gasteiger partial charge in [0, 0.05) is 113 Å². The molecular weight excluding hydrogens is 578 g/mol. The van der Waals surface area contributed by atoms with Gasteiger partial charge in [-0.1, -0.05) is 72.8 Å². The summed E-state index contributed by atoms with van der Waals surface area (Å²) in [5.41, 5.74) is 15.0. The maximum atomic E-state index is 5.34. The van der Waals surface area contributed by atoms with Crippen LogP contribution >= 0.6 is 0 Å². The molecule has 0 spiro atoms. The minimum absolute atomic E-state index is 0.906. The molecule has 9 aromatic rings. The summed E-state index contributed by atoms with van der Waals surface area (Å²) >= 11 is 0.